The molecule has 0 fully saturated rings. The summed E-state index contributed by atoms with van der Waals surface area (Å²) in [5.41, 5.74) is 0.690. The Bertz CT molecular complexity index is 410. The molecule has 72 valence electrons. The highest BCUT2D eigenvalue weighted by Gasteiger charge is 2.09. The number of H-pyrrole nitrogens is 1. The van der Waals surface area contributed by atoms with Crippen LogP contribution < -0.4 is 0 Å². The summed E-state index contributed by atoms with van der Waals surface area (Å²) in [6.07, 6.45) is 1.04. The zero-order valence-corrected chi connectivity index (χ0v) is 7.68. The number of pyridine rings is 1. The van der Waals surface area contributed by atoms with Crippen LogP contribution in [0.5, 0.6) is 0 Å². The van der Waals surface area contributed by atoms with Gasteiger partial charge < -0.3 is 5.11 Å². The molecule has 0 saturated heterocycles. The molecule has 0 saturated carbocycles. The highest BCUT2D eigenvalue weighted by molar-refractivity contribution is 5.47. The Hall–Kier alpha value is -1.75. The van der Waals surface area contributed by atoms with Crippen molar-refractivity contribution in [3.05, 3.63) is 30.2 Å². The van der Waals surface area contributed by atoms with Crippen LogP contribution in [0.25, 0.3) is 11.5 Å². The first kappa shape index (κ1) is 8.83. The molecule has 0 spiro atoms. The van der Waals surface area contributed by atoms with Gasteiger partial charge >= 0.3 is 0 Å². The van der Waals surface area contributed by atoms with Gasteiger partial charge in [-0.05, 0) is 19.1 Å². The molecule has 0 aliphatic rings. The van der Waals surface area contributed by atoms with Gasteiger partial charge in [0, 0.05) is 6.20 Å². The Morgan fingerprint density at radius 2 is 2.29 bits per heavy atom. The fourth-order valence-corrected chi connectivity index (χ4v) is 1.07. The number of nitrogens with one attached hydrogen (secondary N) is 1. The van der Waals surface area contributed by atoms with Crippen LogP contribution in [0.4, 0.5) is 0 Å². The zero-order chi connectivity index (χ0) is 9.97. The molecule has 2 rings (SSSR count). The van der Waals surface area contributed by atoms with Crippen molar-refractivity contribution in [2.45, 2.75) is 13.0 Å². The normalized spacial score (nSPS) is 12.7. The van der Waals surface area contributed by atoms with Crippen LogP contribution >= 0.6 is 0 Å². The number of aliphatic hydroxyl groups is 1. The van der Waals surface area contributed by atoms with E-state index in [1.807, 2.05) is 18.2 Å². The van der Waals surface area contributed by atoms with Crippen LogP contribution in [-0.4, -0.2) is 25.3 Å². The average molecular weight is 190 g/mol. The lowest BCUT2D eigenvalue weighted by Gasteiger charge is -1.94. The van der Waals surface area contributed by atoms with Crippen molar-refractivity contribution in [2.75, 3.05) is 0 Å². The number of hydrogen-bond donors (Lipinski definition) is 2. The minimum Gasteiger partial charge on any atom is -0.385 e. The van der Waals surface area contributed by atoms with E-state index in [1.54, 1.807) is 13.1 Å². The summed E-state index contributed by atoms with van der Waals surface area (Å²) in [5, 5.41) is 15.8. The van der Waals surface area contributed by atoms with E-state index >= 15 is 0 Å². The van der Waals surface area contributed by atoms with Gasteiger partial charge in [0.2, 0.25) is 0 Å². The number of aromatic nitrogens is 4. The maximum Gasteiger partial charge on any atom is 0.199 e. The van der Waals surface area contributed by atoms with Crippen molar-refractivity contribution >= 4 is 0 Å². The van der Waals surface area contributed by atoms with Gasteiger partial charge in [0.25, 0.3) is 0 Å². The number of hydrogen-bond acceptors (Lipinski definition) is 4. The van der Waals surface area contributed by atoms with E-state index in [9.17, 15) is 5.11 Å². The van der Waals surface area contributed by atoms with E-state index in [2.05, 4.69) is 20.2 Å². The van der Waals surface area contributed by atoms with Gasteiger partial charge in [0.05, 0.1) is 0 Å². The molecule has 2 N–H and O–H groups in total. The molecular formula is C9H10N4O. The Morgan fingerprint density at radius 3 is 2.86 bits per heavy atom. The molecule has 0 bridgehead atoms. The minimum absolute atomic E-state index is 0.450. The summed E-state index contributed by atoms with van der Waals surface area (Å²) in [7, 11) is 0. The number of nitrogens with zero attached hydrogens (tertiary/aromatic N) is 3. The van der Waals surface area contributed by atoms with Gasteiger partial charge in [-0.3, -0.25) is 10.1 Å². The first-order chi connectivity index (χ1) is 6.77. The van der Waals surface area contributed by atoms with Gasteiger partial charge in [0.15, 0.2) is 11.6 Å². The first-order valence-electron chi connectivity index (χ1n) is 4.29. The molecule has 14 heavy (non-hydrogen) atoms. The Balaban J connectivity index is 2.34. The molecule has 0 amide bonds. The SMILES string of the molecule is CC(O)c1nc(-c2ccccn2)n[nH]1. The molecule has 0 radical (unpaired) electrons. The fraction of sp³-hybridized carbons (Fsp3) is 0.222. The zero-order valence-electron chi connectivity index (χ0n) is 7.68. The molecule has 0 aliphatic heterocycles. The summed E-state index contributed by atoms with van der Waals surface area (Å²) in [6.45, 7) is 1.63. The molecule has 5 nitrogen and oxygen atoms in total. The third-order valence-corrected chi connectivity index (χ3v) is 1.79. The van der Waals surface area contributed by atoms with Crippen LogP contribution in [0.2, 0.25) is 0 Å². The lowest BCUT2D eigenvalue weighted by molar-refractivity contribution is 0.189. The van der Waals surface area contributed by atoms with Crippen LogP contribution in [0.1, 0.15) is 18.9 Å². The molecule has 1 atom stereocenters. The molecule has 2 aromatic rings. The van der Waals surface area contributed by atoms with E-state index in [1.165, 1.54) is 0 Å². The highest BCUT2D eigenvalue weighted by atomic mass is 16.3. The Labute approximate surface area is 80.8 Å². The van der Waals surface area contributed by atoms with Crippen LogP contribution in [0.15, 0.2) is 24.4 Å². The summed E-state index contributed by atoms with van der Waals surface area (Å²) in [4.78, 5) is 8.20. The third-order valence-electron chi connectivity index (χ3n) is 1.79. The molecule has 0 aromatic carbocycles. The van der Waals surface area contributed by atoms with Crippen molar-refractivity contribution in [3.63, 3.8) is 0 Å². The number of aliphatic hydroxyl groups excluding tert-OH is 1. The first-order valence-corrected chi connectivity index (χ1v) is 4.29. The van der Waals surface area contributed by atoms with Crippen LogP contribution in [-0.2, 0) is 0 Å². The summed E-state index contributed by atoms with van der Waals surface area (Å²) >= 11 is 0. The second-order valence-electron chi connectivity index (χ2n) is 2.94. The number of rotatable bonds is 2. The monoisotopic (exact) mass is 190 g/mol. The lowest BCUT2D eigenvalue weighted by Crippen LogP contribution is -1.93. The van der Waals surface area contributed by atoms with E-state index in [0.717, 1.165) is 0 Å². The summed E-state index contributed by atoms with van der Waals surface area (Å²) < 4.78 is 0. The van der Waals surface area contributed by atoms with E-state index < -0.39 is 6.10 Å². The smallest absolute Gasteiger partial charge is 0.199 e. The van der Waals surface area contributed by atoms with Gasteiger partial charge in [0.1, 0.15) is 11.8 Å². The summed E-state index contributed by atoms with van der Waals surface area (Å²) in [6, 6.07) is 5.50. The average Bonchev–Trinajstić information content (AvgIpc) is 2.68. The van der Waals surface area contributed by atoms with Crippen molar-refractivity contribution in [2.24, 2.45) is 0 Å². The second kappa shape index (κ2) is 3.55. The highest BCUT2D eigenvalue weighted by Crippen LogP contribution is 2.13. The molecule has 2 aromatic heterocycles. The molecule has 1 unspecified atom stereocenters. The third kappa shape index (κ3) is 1.62. The Kier molecular flexibility index (Phi) is 2.24. The van der Waals surface area contributed by atoms with E-state index in [-0.39, 0.29) is 0 Å². The predicted octanol–water partition coefficient (Wildman–Crippen LogP) is 0.920. The topological polar surface area (TPSA) is 74.7 Å². The van der Waals surface area contributed by atoms with Crippen molar-refractivity contribution < 1.29 is 5.11 Å². The maximum absolute atomic E-state index is 9.23. The molecule has 5 heteroatoms. The van der Waals surface area contributed by atoms with Crippen LogP contribution in [0, 0.1) is 0 Å². The maximum atomic E-state index is 9.23. The quantitative estimate of drug-likeness (QED) is 0.738. The van der Waals surface area contributed by atoms with Gasteiger partial charge in [-0.1, -0.05) is 6.07 Å². The fourth-order valence-electron chi connectivity index (χ4n) is 1.07. The second-order valence-corrected chi connectivity index (χ2v) is 2.94. The molecule has 0 aliphatic carbocycles. The number of aromatic amines is 1. The van der Waals surface area contributed by atoms with Crippen LogP contribution in [0.3, 0.4) is 0 Å². The largest absolute Gasteiger partial charge is 0.385 e. The van der Waals surface area contributed by atoms with E-state index in [0.29, 0.717) is 17.3 Å². The summed E-state index contributed by atoms with van der Waals surface area (Å²) in [5.74, 6) is 0.951. The molecule has 2 heterocycles. The van der Waals surface area contributed by atoms with E-state index in [4.69, 9.17) is 0 Å². The van der Waals surface area contributed by atoms with Crippen molar-refractivity contribution in [1.29, 1.82) is 0 Å². The Morgan fingerprint density at radius 1 is 1.43 bits per heavy atom. The van der Waals surface area contributed by atoms with Gasteiger partial charge in [-0.25, -0.2) is 4.98 Å². The van der Waals surface area contributed by atoms with Gasteiger partial charge in [-0.2, -0.15) is 5.10 Å². The lowest BCUT2D eigenvalue weighted by atomic mass is 10.3. The predicted molar refractivity (Wildman–Crippen MR) is 50.2 cm³/mol. The van der Waals surface area contributed by atoms with Crippen molar-refractivity contribution in [3.8, 4) is 11.5 Å². The van der Waals surface area contributed by atoms with Gasteiger partial charge in [-0.15, -0.1) is 0 Å². The minimum atomic E-state index is -0.639. The van der Waals surface area contributed by atoms with Crippen molar-refractivity contribution in [1.82, 2.24) is 20.2 Å². The molecular weight excluding hydrogens is 180 g/mol. The standard InChI is InChI=1S/C9H10N4O/c1-6(14)8-11-9(13-12-8)7-4-2-3-5-10-7/h2-6,14H,1H3,(H,11,12,13).